The zero-order chi connectivity index (χ0) is 23.9. The van der Waals surface area contributed by atoms with Crippen LogP contribution in [0.15, 0.2) is 72.8 Å². The molecule has 5 nitrogen and oxygen atoms in total. The summed E-state index contributed by atoms with van der Waals surface area (Å²) < 4.78 is 11.6. The lowest BCUT2D eigenvalue weighted by Gasteiger charge is -2.40. The van der Waals surface area contributed by atoms with Crippen LogP contribution in [0, 0.1) is 6.92 Å². The Balaban J connectivity index is 1.44. The van der Waals surface area contributed by atoms with Crippen LogP contribution in [-0.4, -0.2) is 25.2 Å². The minimum Gasteiger partial charge on any atom is -0.493 e. The molecule has 0 bridgehead atoms. The van der Waals surface area contributed by atoms with E-state index in [0.717, 1.165) is 16.8 Å². The van der Waals surface area contributed by atoms with Crippen LogP contribution in [0.3, 0.4) is 0 Å². The van der Waals surface area contributed by atoms with E-state index in [1.54, 1.807) is 7.11 Å². The lowest BCUT2D eigenvalue weighted by molar-refractivity contribution is -0.118. The molecule has 0 radical (unpaired) electrons. The van der Waals surface area contributed by atoms with Gasteiger partial charge in [-0.25, -0.2) is 0 Å². The van der Waals surface area contributed by atoms with Gasteiger partial charge in [0.2, 0.25) is 5.91 Å². The second-order valence-electron chi connectivity index (χ2n) is 9.56. The number of benzene rings is 3. The number of anilines is 1. The number of hydrogen-bond acceptors (Lipinski definition) is 4. The highest BCUT2D eigenvalue weighted by atomic mass is 16.5. The molecule has 2 aliphatic rings. The molecule has 0 spiro atoms. The minimum absolute atomic E-state index is 0.0335. The minimum atomic E-state index is -0.629. The number of nitrogens with zero attached hydrogens (tertiary/aromatic N) is 1. The molecular formula is C29H30N2O3. The highest BCUT2D eigenvalue weighted by molar-refractivity contribution is 5.91. The number of methoxy groups -OCH3 is 1. The van der Waals surface area contributed by atoms with Crippen LogP contribution in [0.25, 0.3) is 6.08 Å². The van der Waals surface area contributed by atoms with Crippen LogP contribution in [0.5, 0.6) is 11.5 Å². The van der Waals surface area contributed by atoms with Crippen molar-refractivity contribution in [1.29, 1.82) is 0 Å². The third-order valence-corrected chi connectivity index (χ3v) is 7.07. The smallest absolute Gasteiger partial charge is 0.241 e. The Hall–Kier alpha value is -3.73. The standard InChI is InChI=1S/C29H30N2O3/c1-20-10-12-24-23(16-20)28(2,3)29(30-27(32)18-31(24)29)15-14-21-11-13-25(26(17-21)33-4)34-19-22-8-6-5-7-9-22/h5-17H,18-19H2,1-4H3,(H,30,32)/t29-/m1/s1. The first-order valence-corrected chi connectivity index (χ1v) is 11.6. The van der Waals surface area contributed by atoms with Gasteiger partial charge in [-0.05, 0) is 47.9 Å². The zero-order valence-corrected chi connectivity index (χ0v) is 20.1. The first-order valence-electron chi connectivity index (χ1n) is 11.6. The lowest BCUT2D eigenvalue weighted by atomic mass is 9.75. The molecule has 0 aromatic heterocycles. The Kier molecular flexibility index (Phi) is 5.35. The first-order chi connectivity index (χ1) is 16.3. The predicted octanol–water partition coefficient (Wildman–Crippen LogP) is 5.22. The molecule has 1 saturated heterocycles. The highest BCUT2D eigenvalue weighted by Gasteiger charge is 2.59. The average Bonchev–Trinajstić information content (AvgIpc) is 3.26. The van der Waals surface area contributed by atoms with E-state index in [2.05, 4.69) is 61.3 Å². The maximum Gasteiger partial charge on any atom is 0.241 e. The van der Waals surface area contributed by atoms with E-state index in [-0.39, 0.29) is 11.3 Å². The van der Waals surface area contributed by atoms with Crippen molar-refractivity contribution >= 4 is 17.7 Å². The predicted molar refractivity (Wildman–Crippen MR) is 135 cm³/mol. The number of nitrogens with one attached hydrogen (secondary N) is 1. The third-order valence-electron chi connectivity index (χ3n) is 7.07. The summed E-state index contributed by atoms with van der Waals surface area (Å²) >= 11 is 0. The van der Waals surface area contributed by atoms with Crippen LogP contribution in [0.4, 0.5) is 5.69 Å². The van der Waals surface area contributed by atoms with Gasteiger partial charge in [0.05, 0.1) is 13.7 Å². The Bertz CT molecular complexity index is 1270. The van der Waals surface area contributed by atoms with Gasteiger partial charge in [-0.2, -0.15) is 0 Å². The zero-order valence-electron chi connectivity index (χ0n) is 20.1. The van der Waals surface area contributed by atoms with Gasteiger partial charge in [0.1, 0.15) is 12.3 Å². The molecule has 5 rings (SSSR count). The second-order valence-corrected chi connectivity index (χ2v) is 9.56. The SMILES string of the molecule is COc1cc(C=C[C@@]23NC(=O)CN2c2ccc(C)cc2C3(C)C)ccc1OCc1ccccc1. The lowest BCUT2D eigenvalue weighted by Crippen LogP contribution is -2.58. The fourth-order valence-corrected chi connectivity index (χ4v) is 5.15. The van der Waals surface area contributed by atoms with E-state index in [9.17, 15) is 4.79 Å². The fraction of sp³-hybridized carbons (Fsp3) is 0.276. The Morgan fingerprint density at radius 1 is 1.03 bits per heavy atom. The van der Waals surface area contributed by atoms with Gasteiger partial charge in [-0.1, -0.05) is 74.0 Å². The summed E-state index contributed by atoms with van der Waals surface area (Å²) in [5.41, 5.74) is 4.72. The van der Waals surface area contributed by atoms with Gasteiger partial charge in [0.25, 0.3) is 0 Å². The maximum atomic E-state index is 12.5. The molecule has 1 atom stereocenters. The Labute approximate surface area is 201 Å². The van der Waals surface area contributed by atoms with Crippen LogP contribution in [-0.2, 0) is 16.8 Å². The van der Waals surface area contributed by atoms with Crippen molar-refractivity contribution in [3.05, 3.63) is 95.1 Å². The number of carbonyl (C=O) groups excluding carboxylic acids is 1. The molecular weight excluding hydrogens is 424 g/mol. The fourth-order valence-electron chi connectivity index (χ4n) is 5.15. The van der Waals surface area contributed by atoms with Crippen LogP contribution < -0.4 is 19.7 Å². The van der Waals surface area contributed by atoms with Crippen molar-refractivity contribution in [2.75, 3.05) is 18.6 Å². The molecule has 34 heavy (non-hydrogen) atoms. The van der Waals surface area contributed by atoms with Crippen LogP contribution in [0.1, 0.15) is 36.1 Å². The summed E-state index contributed by atoms with van der Waals surface area (Å²) in [6.07, 6.45) is 4.18. The van der Waals surface area contributed by atoms with Gasteiger partial charge < -0.3 is 19.7 Å². The topological polar surface area (TPSA) is 50.8 Å². The number of aryl methyl sites for hydroxylation is 1. The second kappa shape index (κ2) is 8.24. The van der Waals surface area contributed by atoms with Crippen molar-refractivity contribution in [3.63, 3.8) is 0 Å². The van der Waals surface area contributed by atoms with E-state index in [1.807, 2.05) is 48.5 Å². The van der Waals surface area contributed by atoms with Crippen molar-refractivity contribution in [3.8, 4) is 11.5 Å². The van der Waals surface area contributed by atoms with Crippen LogP contribution >= 0.6 is 0 Å². The molecule has 1 amide bonds. The third kappa shape index (κ3) is 3.52. The van der Waals surface area contributed by atoms with E-state index in [0.29, 0.717) is 24.7 Å². The molecule has 0 saturated carbocycles. The van der Waals surface area contributed by atoms with Crippen molar-refractivity contribution in [2.45, 2.75) is 38.5 Å². The van der Waals surface area contributed by atoms with Crippen molar-refractivity contribution < 1.29 is 14.3 Å². The van der Waals surface area contributed by atoms with E-state index >= 15 is 0 Å². The summed E-state index contributed by atoms with van der Waals surface area (Å²) in [6, 6.07) is 22.4. The highest BCUT2D eigenvalue weighted by Crippen LogP contribution is 2.53. The monoisotopic (exact) mass is 454 g/mol. The largest absolute Gasteiger partial charge is 0.493 e. The van der Waals surface area contributed by atoms with Crippen molar-refractivity contribution in [1.82, 2.24) is 5.32 Å². The van der Waals surface area contributed by atoms with Crippen LogP contribution in [0.2, 0.25) is 0 Å². The van der Waals surface area contributed by atoms with Gasteiger partial charge in [0, 0.05) is 11.1 Å². The molecule has 3 aromatic carbocycles. The molecule has 1 N–H and O–H groups in total. The number of ether oxygens (including phenoxy) is 2. The quantitative estimate of drug-likeness (QED) is 0.555. The summed E-state index contributed by atoms with van der Waals surface area (Å²) in [6.45, 7) is 7.32. The maximum absolute atomic E-state index is 12.5. The molecule has 2 heterocycles. The molecule has 2 aliphatic heterocycles. The molecule has 0 aliphatic carbocycles. The summed E-state index contributed by atoms with van der Waals surface area (Å²) in [5.74, 6) is 1.40. The number of rotatable bonds is 6. The summed E-state index contributed by atoms with van der Waals surface area (Å²) in [4.78, 5) is 14.7. The van der Waals surface area contributed by atoms with E-state index in [1.165, 1.54) is 11.1 Å². The van der Waals surface area contributed by atoms with E-state index < -0.39 is 5.66 Å². The van der Waals surface area contributed by atoms with Gasteiger partial charge in [-0.3, -0.25) is 4.79 Å². The summed E-state index contributed by atoms with van der Waals surface area (Å²) in [5, 5.41) is 3.28. The normalized spacial score (nSPS) is 20.2. The van der Waals surface area contributed by atoms with Gasteiger partial charge in [0.15, 0.2) is 11.5 Å². The Morgan fingerprint density at radius 2 is 1.82 bits per heavy atom. The number of fused-ring (bicyclic) bond motifs is 3. The molecule has 5 heteroatoms. The van der Waals surface area contributed by atoms with E-state index in [4.69, 9.17) is 9.47 Å². The Morgan fingerprint density at radius 3 is 2.59 bits per heavy atom. The number of carbonyl (C=O) groups is 1. The van der Waals surface area contributed by atoms with Gasteiger partial charge >= 0.3 is 0 Å². The number of amides is 1. The molecule has 1 fully saturated rings. The van der Waals surface area contributed by atoms with Gasteiger partial charge in [-0.15, -0.1) is 0 Å². The summed E-state index contributed by atoms with van der Waals surface area (Å²) in [7, 11) is 1.65. The molecule has 0 unspecified atom stereocenters. The molecule has 3 aromatic rings. The average molecular weight is 455 g/mol. The first kappa shape index (κ1) is 22.1. The van der Waals surface area contributed by atoms with Crippen molar-refractivity contribution in [2.24, 2.45) is 0 Å². The molecule has 174 valence electrons. The number of hydrogen-bond donors (Lipinski definition) is 1.